The highest BCUT2D eigenvalue weighted by Gasteiger charge is 2.49. The summed E-state index contributed by atoms with van der Waals surface area (Å²) in [4.78, 5) is 89.8. The Morgan fingerprint density at radius 3 is 1.61 bits per heavy atom. The summed E-state index contributed by atoms with van der Waals surface area (Å²) in [5.74, 6) is -3.89. The molecule has 0 spiro atoms. The van der Waals surface area contributed by atoms with Gasteiger partial charge in [0, 0.05) is 122 Å². The second-order valence-electron chi connectivity index (χ2n) is 23.7. The Labute approximate surface area is 588 Å². The number of amides is 6. The van der Waals surface area contributed by atoms with Crippen LogP contribution in [0, 0.1) is 5.82 Å². The summed E-state index contributed by atoms with van der Waals surface area (Å²) < 4.78 is 73.2. The third-order valence-corrected chi connectivity index (χ3v) is 20.4. The van der Waals surface area contributed by atoms with Gasteiger partial charge in [-0.3, -0.25) is 28.8 Å². The lowest BCUT2D eigenvalue weighted by atomic mass is 9.81. The fourth-order valence-corrected chi connectivity index (χ4v) is 15.6. The number of likely N-dealkylation sites (N-methyl/N-ethyl adjacent to an activating group) is 1. The van der Waals surface area contributed by atoms with Crippen molar-refractivity contribution in [2.24, 2.45) is 0 Å². The van der Waals surface area contributed by atoms with E-state index in [1.807, 2.05) is 131 Å². The molecular weight excluding hydrogens is 1340 g/mol. The molecule has 12 rings (SSSR count). The van der Waals surface area contributed by atoms with Crippen LogP contribution in [0.5, 0.6) is 17.2 Å². The van der Waals surface area contributed by atoms with Gasteiger partial charge in [-0.15, -0.1) is 22.7 Å². The van der Waals surface area contributed by atoms with Crippen molar-refractivity contribution in [3.8, 4) is 22.9 Å². The van der Waals surface area contributed by atoms with Crippen molar-refractivity contribution in [1.82, 2.24) is 19.3 Å². The number of benzene rings is 6. The van der Waals surface area contributed by atoms with E-state index in [-0.39, 0.29) is 67.0 Å². The lowest BCUT2D eigenvalue weighted by molar-refractivity contribution is -0.121. The average Bonchev–Trinajstić information content (AvgIpc) is 0.898. The van der Waals surface area contributed by atoms with E-state index in [1.54, 1.807) is 103 Å². The van der Waals surface area contributed by atoms with E-state index in [0.29, 0.717) is 58.3 Å². The van der Waals surface area contributed by atoms with Gasteiger partial charge < -0.3 is 63.2 Å². The third-order valence-electron chi connectivity index (χ3n) is 17.6. The molecule has 3 aliphatic heterocycles. The Morgan fingerprint density at radius 1 is 0.530 bits per heavy atom. The molecule has 21 nitrogen and oxygen atoms in total. The number of sulfone groups is 1. The number of nitrogens with zero attached hydrogens (tertiary/aromatic N) is 5. The summed E-state index contributed by atoms with van der Waals surface area (Å²) in [6.07, 6.45) is 4.97. The van der Waals surface area contributed by atoms with E-state index in [4.69, 9.17) is 28.4 Å². The molecule has 3 aliphatic rings. The second kappa shape index (κ2) is 33.2. The number of anilines is 3. The Morgan fingerprint density at radius 2 is 1.05 bits per heavy atom. The zero-order chi connectivity index (χ0) is 71.2. The first-order valence-electron chi connectivity index (χ1n) is 31.9. The van der Waals surface area contributed by atoms with Crippen LogP contribution in [0.1, 0.15) is 87.4 Å². The number of hydrogen-bond acceptors (Lipinski definition) is 16. The molecular formula is C75H78FN7O14S3. The number of nitrogens with one attached hydrogen (secondary N) is 2. The summed E-state index contributed by atoms with van der Waals surface area (Å²) in [5, 5.41) is 9.71. The summed E-state index contributed by atoms with van der Waals surface area (Å²) in [6.45, 7) is 1.62. The molecule has 0 aliphatic carbocycles. The molecule has 9 aromatic rings. The van der Waals surface area contributed by atoms with E-state index in [9.17, 15) is 37.2 Å². The minimum Gasteiger partial charge on any atom is -0.497 e. The normalized spacial score (nSPS) is 17.6. The molecule has 6 amide bonds. The molecule has 6 atom stereocenters. The largest absolute Gasteiger partial charge is 0.497 e. The fraction of sp³-hybridized carbons (Fsp3) is 0.280. The van der Waals surface area contributed by atoms with Gasteiger partial charge in [-0.05, 0) is 118 Å². The molecule has 2 N–H and O–H groups in total. The van der Waals surface area contributed by atoms with Crippen molar-refractivity contribution >= 4 is 85.0 Å². The molecule has 522 valence electrons. The minimum atomic E-state index is -3.49. The maximum absolute atomic E-state index is 15.5. The molecule has 3 aromatic heterocycles. The Hall–Kier alpha value is -10.0. The van der Waals surface area contributed by atoms with E-state index in [0.717, 1.165) is 32.9 Å². The molecule has 0 saturated carbocycles. The number of carbonyl (C=O) groups is 6. The summed E-state index contributed by atoms with van der Waals surface area (Å²) in [7, 11) is 7.40. The van der Waals surface area contributed by atoms with Crippen LogP contribution < -0.4 is 29.7 Å². The highest BCUT2D eigenvalue weighted by atomic mass is 32.2. The molecule has 0 bridgehead atoms. The van der Waals surface area contributed by atoms with Gasteiger partial charge in [-0.2, -0.15) is 0 Å². The molecule has 6 unspecified atom stereocenters. The molecule has 0 fully saturated rings. The predicted molar refractivity (Wildman–Crippen MR) is 383 cm³/mol. The average molecular weight is 1420 g/mol. The monoisotopic (exact) mass is 1420 g/mol. The number of ether oxygens (including phenoxy) is 6. The van der Waals surface area contributed by atoms with Gasteiger partial charge in [0.15, 0.2) is 11.6 Å². The van der Waals surface area contributed by atoms with Crippen LogP contribution in [0.4, 0.5) is 21.5 Å². The summed E-state index contributed by atoms with van der Waals surface area (Å²) in [5.41, 5.74) is 5.19. The Bertz CT molecular complexity index is 4440. The zero-order valence-corrected chi connectivity index (χ0v) is 58.9. The number of aromatic nitrogens is 1. The molecule has 6 heterocycles. The van der Waals surface area contributed by atoms with Crippen molar-refractivity contribution < 1.29 is 70.0 Å². The van der Waals surface area contributed by atoms with Gasteiger partial charge in [0.2, 0.25) is 17.7 Å². The SMILES string of the molecule is COCCN1C(=O)c2c(ccc(OC)c2F)C(C(=O)Nc2ccc(-n3cccc3)cc2)C1c1cccs1.COCCN1C(=O)c2ccccc2C(C(=O)N(C)c2cccc(OC)c2)C1c1cccs1.COCCN1C(=O)c2ccccc2C(C(=O)Nc2cccc(OC)c2)C1CS(C)(=O)=O. The topological polar surface area (TPSA) is 234 Å². The van der Waals surface area contributed by atoms with Crippen molar-refractivity contribution in [3.63, 3.8) is 0 Å². The lowest BCUT2D eigenvalue weighted by Gasteiger charge is -2.42. The lowest BCUT2D eigenvalue weighted by Crippen LogP contribution is -2.54. The van der Waals surface area contributed by atoms with Crippen LogP contribution >= 0.6 is 22.7 Å². The van der Waals surface area contributed by atoms with E-state index in [2.05, 4.69) is 10.6 Å². The number of thiophene rings is 2. The van der Waals surface area contributed by atoms with E-state index in [1.165, 1.54) is 55.6 Å². The minimum absolute atomic E-state index is 0.0480. The number of hydrogen-bond donors (Lipinski definition) is 2. The van der Waals surface area contributed by atoms with Gasteiger partial charge in [-0.1, -0.05) is 66.7 Å². The summed E-state index contributed by atoms with van der Waals surface area (Å²) >= 11 is 3.00. The van der Waals surface area contributed by atoms with Crippen molar-refractivity contribution in [3.05, 3.63) is 242 Å². The zero-order valence-electron chi connectivity index (χ0n) is 56.4. The van der Waals surface area contributed by atoms with Gasteiger partial charge >= 0.3 is 0 Å². The molecule has 100 heavy (non-hydrogen) atoms. The van der Waals surface area contributed by atoms with Crippen LogP contribution in [-0.4, -0.2) is 170 Å². The van der Waals surface area contributed by atoms with Crippen LogP contribution in [0.2, 0.25) is 0 Å². The Kier molecular flexibility index (Phi) is 24.2. The first kappa shape index (κ1) is 72.7. The fourth-order valence-electron chi connectivity index (χ4n) is 12.8. The smallest absolute Gasteiger partial charge is 0.257 e. The van der Waals surface area contributed by atoms with E-state index < -0.39 is 63.3 Å². The number of rotatable bonds is 23. The number of halogens is 1. The maximum atomic E-state index is 15.5. The molecule has 0 radical (unpaired) electrons. The molecule has 25 heteroatoms. The first-order valence-corrected chi connectivity index (χ1v) is 35.8. The van der Waals surface area contributed by atoms with Gasteiger partial charge in [0.25, 0.3) is 17.7 Å². The van der Waals surface area contributed by atoms with Gasteiger partial charge in [-0.25, -0.2) is 12.8 Å². The number of carbonyl (C=O) groups excluding carboxylic acids is 6. The highest BCUT2D eigenvalue weighted by Crippen LogP contribution is 2.48. The quantitative estimate of drug-likeness (QED) is 0.0606. The maximum Gasteiger partial charge on any atom is 0.257 e. The van der Waals surface area contributed by atoms with Crippen molar-refractivity contribution in [2.75, 3.05) is 117 Å². The molecule has 6 aromatic carbocycles. The summed E-state index contributed by atoms with van der Waals surface area (Å²) in [6, 6.07) is 48.7. The van der Waals surface area contributed by atoms with E-state index >= 15 is 4.39 Å². The van der Waals surface area contributed by atoms with Crippen LogP contribution in [0.15, 0.2) is 193 Å². The number of fused-ring (bicyclic) bond motifs is 3. The van der Waals surface area contributed by atoms with Gasteiger partial charge in [0.05, 0.1) is 88.3 Å². The third kappa shape index (κ3) is 16.2. The van der Waals surface area contributed by atoms with Gasteiger partial charge in [0.1, 0.15) is 21.3 Å². The van der Waals surface area contributed by atoms with Crippen LogP contribution in [0.25, 0.3) is 5.69 Å². The number of methoxy groups -OCH3 is 6. The van der Waals surface area contributed by atoms with Crippen LogP contribution in [-0.2, 0) is 38.4 Å². The standard InChI is InChI=1S/C28H26FN3O4S.C25H26N2O4S.C22H26N2O6S/c1-35-16-15-32-26(22-6-5-17-37-22)24(20-11-12-21(36-2)25(29)23(20)28(32)34)27(33)30-18-7-9-19(10-8-18)31-13-3-4-14-31;1-26(17-8-6-9-18(16-17)31-3)25(29)22-19-10-4-5-11-20(19)24(28)27(13-14-30-2)23(22)21-12-7-15-32-21;1-29-12-11-24-19(14-31(3,27)28)20(17-9-4-5-10-18(17)22(24)26)21(25)23-15-7-6-8-16(13-15)30-2/h3-14,17,24,26H,15-16H2,1-2H3,(H,30,33);4-12,15-16,22-23H,13-14H2,1-3H3;4-10,13,19-20H,11-12,14H2,1-3H3,(H,23,25). The van der Waals surface area contributed by atoms with Crippen molar-refractivity contribution in [1.29, 1.82) is 0 Å². The highest BCUT2D eigenvalue weighted by molar-refractivity contribution is 7.90. The van der Waals surface area contributed by atoms with Crippen LogP contribution in [0.3, 0.4) is 0 Å². The van der Waals surface area contributed by atoms with Crippen molar-refractivity contribution in [2.45, 2.75) is 35.9 Å². The molecule has 0 saturated heterocycles. The Balaban J connectivity index is 0.000000163. The second-order valence-corrected chi connectivity index (χ2v) is 27.8. The predicted octanol–water partition coefficient (Wildman–Crippen LogP) is 11.5. The first-order chi connectivity index (χ1) is 48.3.